The van der Waals surface area contributed by atoms with Crippen LogP contribution in [0.5, 0.6) is 0 Å². The van der Waals surface area contributed by atoms with Crippen molar-refractivity contribution < 1.29 is 14.2 Å². The number of hydrogen-bond donors (Lipinski definition) is 0. The van der Waals surface area contributed by atoms with Crippen LogP contribution >= 0.6 is 0 Å². The molecule has 0 aliphatic heterocycles. The summed E-state index contributed by atoms with van der Waals surface area (Å²) >= 11 is 0. The van der Waals surface area contributed by atoms with Crippen molar-refractivity contribution in [1.82, 2.24) is 15.0 Å². The Morgan fingerprint density at radius 3 is 1.25 bits per heavy atom. The molecule has 6 heteroatoms. The SMILES string of the molecule is CCCCCCCCCCCCCCCCCCC(CCCCCCCCCCCCCCCCCC)COCc1cn(CCOCCOC)nn1. The maximum Gasteiger partial charge on any atom is 0.108 e. The number of hydrogen-bond acceptors (Lipinski definition) is 5. The summed E-state index contributed by atoms with van der Waals surface area (Å²) in [6, 6.07) is 0. The van der Waals surface area contributed by atoms with E-state index in [1.165, 1.54) is 218 Å². The number of methoxy groups -OCH3 is 1. The zero-order valence-corrected chi connectivity index (χ0v) is 35.5. The van der Waals surface area contributed by atoms with Crippen LogP contribution in [-0.2, 0) is 27.4 Å². The van der Waals surface area contributed by atoms with Crippen LogP contribution in [0.3, 0.4) is 0 Å². The summed E-state index contributed by atoms with van der Waals surface area (Å²) in [5.41, 5.74) is 0.917. The maximum atomic E-state index is 6.25. The molecule has 1 aromatic heterocycles. The fourth-order valence-corrected chi connectivity index (χ4v) is 7.52. The van der Waals surface area contributed by atoms with Gasteiger partial charge in [0.1, 0.15) is 5.69 Å². The molecule has 0 aliphatic carbocycles. The Bertz CT molecular complexity index is 768. The summed E-state index contributed by atoms with van der Waals surface area (Å²) < 4.78 is 18.7. The Hall–Kier alpha value is -0.980. The average Bonchev–Trinajstić information content (AvgIpc) is 3.61. The lowest BCUT2D eigenvalue weighted by Crippen LogP contribution is -2.10. The quantitative estimate of drug-likeness (QED) is 0.0625. The Labute approximate surface area is 325 Å². The number of nitrogens with zero attached hydrogens (tertiary/aromatic N) is 3. The molecular weight excluding hydrogens is 643 g/mol. The highest BCUT2D eigenvalue weighted by atomic mass is 16.5. The molecular formula is C46H91N3O3. The smallest absolute Gasteiger partial charge is 0.108 e. The Morgan fingerprint density at radius 1 is 0.481 bits per heavy atom. The van der Waals surface area contributed by atoms with Gasteiger partial charge in [-0.1, -0.05) is 225 Å². The minimum absolute atomic E-state index is 0.555. The molecule has 6 nitrogen and oxygen atoms in total. The van der Waals surface area contributed by atoms with Crippen LogP contribution in [-0.4, -0.2) is 48.5 Å². The van der Waals surface area contributed by atoms with Crippen LogP contribution in [0.15, 0.2) is 6.20 Å². The van der Waals surface area contributed by atoms with E-state index in [2.05, 4.69) is 24.2 Å². The highest BCUT2D eigenvalue weighted by Gasteiger charge is 2.11. The Balaban J connectivity index is 2.17. The van der Waals surface area contributed by atoms with Gasteiger partial charge in [-0.25, -0.2) is 4.68 Å². The lowest BCUT2D eigenvalue weighted by Gasteiger charge is -2.17. The number of unbranched alkanes of at least 4 members (excludes halogenated alkanes) is 30. The predicted octanol–water partition coefficient (Wildman–Crippen LogP) is 14.4. The van der Waals surface area contributed by atoms with Gasteiger partial charge in [-0.05, 0) is 18.8 Å². The van der Waals surface area contributed by atoms with Crippen molar-refractivity contribution in [1.29, 1.82) is 0 Å². The van der Waals surface area contributed by atoms with Crippen LogP contribution in [0, 0.1) is 5.92 Å². The molecule has 0 N–H and O–H groups in total. The number of rotatable bonds is 44. The molecule has 0 bridgehead atoms. The molecule has 0 radical (unpaired) electrons. The first-order valence-electron chi connectivity index (χ1n) is 23.3. The first-order chi connectivity index (χ1) is 25.8. The molecule has 1 rings (SSSR count). The Morgan fingerprint density at radius 2 is 0.865 bits per heavy atom. The van der Waals surface area contributed by atoms with E-state index in [1.54, 1.807) is 7.11 Å². The molecule has 1 aromatic rings. The average molecular weight is 734 g/mol. The van der Waals surface area contributed by atoms with E-state index in [1.807, 2.05) is 10.9 Å². The first-order valence-corrected chi connectivity index (χ1v) is 23.3. The van der Waals surface area contributed by atoms with Crippen LogP contribution in [0.1, 0.15) is 238 Å². The third-order valence-electron chi connectivity index (χ3n) is 11.0. The summed E-state index contributed by atoms with van der Waals surface area (Å²) in [4.78, 5) is 0. The highest BCUT2D eigenvalue weighted by Crippen LogP contribution is 2.21. The molecule has 0 aromatic carbocycles. The van der Waals surface area contributed by atoms with Gasteiger partial charge in [-0.15, -0.1) is 5.10 Å². The van der Waals surface area contributed by atoms with Gasteiger partial charge in [0.25, 0.3) is 0 Å². The summed E-state index contributed by atoms with van der Waals surface area (Å²) in [6.07, 6.45) is 50.3. The second kappa shape index (κ2) is 41.2. The van der Waals surface area contributed by atoms with Crippen molar-refractivity contribution in [3.8, 4) is 0 Å². The van der Waals surface area contributed by atoms with Crippen LogP contribution in [0.2, 0.25) is 0 Å². The van der Waals surface area contributed by atoms with Gasteiger partial charge in [0.15, 0.2) is 0 Å². The third-order valence-corrected chi connectivity index (χ3v) is 11.0. The molecule has 52 heavy (non-hydrogen) atoms. The van der Waals surface area contributed by atoms with E-state index in [0.717, 1.165) is 12.3 Å². The van der Waals surface area contributed by atoms with Gasteiger partial charge in [0, 0.05) is 13.7 Å². The second-order valence-electron chi connectivity index (χ2n) is 16.1. The van der Waals surface area contributed by atoms with Crippen molar-refractivity contribution in [2.24, 2.45) is 5.92 Å². The summed E-state index contributed by atoms with van der Waals surface area (Å²) in [5, 5.41) is 8.59. The van der Waals surface area contributed by atoms with Crippen LogP contribution in [0.4, 0.5) is 0 Å². The molecule has 0 spiro atoms. The van der Waals surface area contributed by atoms with E-state index in [4.69, 9.17) is 14.2 Å². The monoisotopic (exact) mass is 734 g/mol. The molecule has 0 aliphatic rings. The maximum absolute atomic E-state index is 6.25. The highest BCUT2D eigenvalue weighted by molar-refractivity contribution is 4.89. The predicted molar refractivity (Wildman–Crippen MR) is 224 cm³/mol. The van der Waals surface area contributed by atoms with E-state index in [-0.39, 0.29) is 0 Å². The van der Waals surface area contributed by atoms with Gasteiger partial charge in [-0.2, -0.15) is 0 Å². The number of ether oxygens (including phenoxy) is 3. The normalized spacial score (nSPS) is 11.8. The van der Waals surface area contributed by atoms with Gasteiger partial charge in [0.2, 0.25) is 0 Å². The first kappa shape index (κ1) is 49.0. The third kappa shape index (κ3) is 34.8. The van der Waals surface area contributed by atoms with Gasteiger partial charge >= 0.3 is 0 Å². The van der Waals surface area contributed by atoms with E-state index in [0.29, 0.717) is 38.9 Å². The second-order valence-corrected chi connectivity index (χ2v) is 16.1. The van der Waals surface area contributed by atoms with Crippen LogP contribution in [0.25, 0.3) is 0 Å². The van der Waals surface area contributed by atoms with Crippen molar-refractivity contribution in [3.05, 3.63) is 11.9 Å². The van der Waals surface area contributed by atoms with E-state index >= 15 is 0 Å². The molecule has 0 saturated heterocycles. The molecule has 0 unspecified atom stereocenters. The summed E-state index contributed by atoms with van der Waals surface area (Å²) in [7, 11) is 1.69. The molecule has 0 amide bonds. The molecule has 1 heterocycles. The lowest BCUT2D eigenvalue weighted by molar-refractivity contribution is 0.0651. The molecule has 0 saturated carbocycles. The standard InChI is InChI=1S/C46H91N3O3/c1-4-6-8-10-12-14-16-18-20-22-24-26-28-30-32-34-36-45(43-52-44-46-42-49(48-47-46)38-39-51-41-40-50-3)37-35-33-31-29-27-25-23-21-19-17-15-13-11-9-7-5-2/h42,45H,4-41,43-44H2,1-3H3. The minimum atomic E-state index is 0.555. The van der Waals surface area contributed by atoms with Gasteiger partial charge in [0.05, 0.1) is 39.2 Å². The lowest BCUT2D eigenvalue weighted by atomic mass is 9.94. The molecule has 0 atom stereocenters. The zero-order valence-electron chi connectivity index (χ0n) is 35.5. The minimum Gasteiger partial charge on any atom is -0.382 e. The topological polar surface area (TPSA) is 58.4 Å². The van der Waals surface area contributed by atoms with E-state index in [9.17, 15) is 0 Å². The van der Waals surface area contributed by atoms with Gasteiger partial charge < -0.3 is 14.2 Å². The summed E-state index contributed by atoms with van der Waals surface area (Å²) in [6.45, 7) is 8.57. The fourth-order valence-electron chi connectivity index (χ4n) is 7.52. The van der Waals surface area contributed by atoms with Gasteiger partial charge in [-0.3, -0.25) is 0 Å². The van der Waals surface area contributed by atoms with Crippen molar-refractivity contribution >= 4 is 0 Å². The van der Waals surface area contributed by atoms with Crippen molar-refractivity contribution in [3.63, 3.8) is 0 Å². The van der Waals surface area contributed by atoms with Crippen molar-refractivity contribution in [2.45, 2.75) is 245 Å². The van der Waals surface area contributed by atoms with Crippen molar-refractivity contribution in [2.75, 3.05) is 33.5 Å². The molecule has 0 fully saturated rings. The fraction of sp³-hybridized carbons (Fsp3) is 0.957. The molecule has 308 valence electrons. The summed E-state index contributed by atoms with van der Waals surface area (Å²) in [5.74, 6) is 0.669. The largest absolute Gasteiger partial charge is 0.382 e. The number of aromatic nitrogens is 3. The van der Waals surface area contributed by atoms with Crippen LogP contribution < -0.4 is 0 Å². The van der Waals surface area contributed by atoms with E-state index < -0.39 is 0 Å². The Kier molecular flexibility index (Phi) is 38.8. The zero-order chi connectivity index (χ0) is 37.3.